The van der Waals surface area contributed by atoms with Gasteiger partial charge in [-0.3, -0.25) is 0 Å². The van der Waals surface area contributed by atoms with Crippen LogP contribution in [0.3, 0.4) is 0 Å². The molecule has 1 aromatic carbocycles. The van der Waals surface area contributed by atoms with E-state index < -0.39 is 0 Å². The summed E-state index contributed by atoms with van der Waals surface area (Å²) < 4.78 is 15.9. The van der Waals surface area contributed by atoms with Crippen LogP contribution >= 0.6 is 0 Å². The summed E-state index contributed by atoms with van der Waals surface area (Å²) in [6, 6.07) is 6.86. The minimum absolute atomic E-state index is 0.0946. The van der Waals surface area contributed by atoms with E-state index in [9.17, 15) is 4.79 Å². The zero-order valence-corrected chi connectivity index (χ0v) is 14.0. The van der Waals surface area contributed by atoms with Crippen LogP contribution in [0, 0.1) is 6.92 Å². The molecule has 0 aliphatic carbocycles. The van der Waals surface area contributed by atoms with Gasteiger partial charge in [0.15, 0.2) is 5.76 Å². The highest BCUT2D eigenvalue weighted by atomic mass is 16.5. The zero-order valence-electron chi connectivity index (χ0n) is 14.0. The number of hydrogen-bond acceptors (Lipinski definition) is 5. The number of anilines is 1. The van der Waals surface area contributed by atoms with Gasteiger partial charge in [0.05, 0.1) is 31.6 Å². The number of methoxy groups -OCH3 is 2. The van der Waals surface area contributed by atoms with E-state index in [4.69, 9.17) is 14.0 Å². The largest absolute Gasteiger partial charge is 0.497 e. The summed E-state index contributed by atoms with van der Waals surface area (Å²) in [5.41, 5.74) is 1.38. The summed E-state index contributed by atoms with van der Waals surface area (Å²) in [6.07, 6.45) is 1.78. The van der Waals surface area contributed by atoms with Gasteiger partial charge in [-0.05, 0) is 31.9 Å². The van der Waals surface area contributed by atoms with Crippen LogP contribution in [-0.2, 0) is 0 Å². The lowest BCUT2D eigenvalue weighted by Crippen LogP contribution is -2.34. The minimum Gasteiger partial charge on any atom is -0.497 e. The maximum Gasteiger partial charge on any atom is 0.322 e. The van der Waals surface area contributed by atoms with Gasteiger partial charge < -0.3 is 24.2 Å². The maximum absolute atomic E-state index is 12.7. The molecule has 1 aliphatic heterocycles. The Morgan fingerprint density at radius 3 is 2.83 bits per heavy atom. The molecule has 2 amide bonds. The van der Waals surface area contributed by atoms with Crippen molar-refractivity contribution in [3.63, 3.8) is 0 Å². The van der Waals surface area contributed by atoms with E-state index in [1.807, 2.05) is 13.0 Å². The molecule has 0 spiro atoms. The van der Waals surface area contributed by atoms with Gasteiger partial charge in [-0.2, -0.15) is 0 Å². The summed E-state index contributed by atoms with van der Waals surface area (Å²) in [4.78, 5) is 14.5. The molecule has 1 aromatic heterocycles. The molecule has 1 saturated heterocycles. The van der Waals surface area contributed by atoms with Crippen LogP contribution in [0.2, 0.25) is 0 Å². The Morgan fingerprint density at radius 1 is 1.33 bits per heavy atom. The fourth-order valence-corrected chi connectivity index (χ4v) is 2.94. The maximum atomic E-state index is 12.7. The molecule has 2 aromatic rings. The molecule has 1 fully saturated rings. The highest BCUT2D eigenvalue weighted by molar-refractivity contribution is 5.91. The Morgan fingerprint density at radius 2 is 2.17 bits per heavy atom. The van der Waals surface area contributed by atoms with Gasteiger partial charge in [0.25, 0.3) is 0 Å². The van der Waals surface area contributed by atoms with Crippen LogP contribution < -0.4 is 14.8 Å². The van der Waals surface area contributed by atoms with E-state index >= 15 is 0 Å². The van der Waals surface area contributed by atoms with Crippen LogP contribution in [0.25, 0.3) is 0 Å². The molecule has 7 heteroatoms. The molecule has 0 unspecified atom stereocenters. The summed E-state index contributed by atoms with van der Waals surface area (Å²) in [6.45, 7) is 2.54. The van der Waals surface area contributed by atoms with Crippen molar-refractivity contribution in [2.75, 3.05) is 26.1 Å². The van der Waals surface area contributed by atoms with E-state index in [2.05, 4.69) is 10.5 Å². The van der Waals surface area contributed by atoms with Crippen LogP contribution in [0.15, 0.2) is 28.8 Å². The van der Waals surface area contributed by atoms with Crippen LogP contribution in [0.4, 0.5) is 10.5 Å². The number of benzene rings is 1. The topological polar surface area (TPSA) is 76.8 Å². The second-order valence-electron chi connectivity index (χ2n) is 5.72. The molecule has 0 bridgehead atoms. The Hall–Kier alpha value is -2.70. The van der Waals surface area contributed by atoms with Gasteiger partial charge in [0.2, 0.25) is 0 Å². The highest BCUT2D eigenvalue weighted by Crippen LogP contribution is 2.34. The average Bonchev–Trinajstić information content (AvgIpc) is 3.23. The molecule has 2 heterocycles. The molecule has 1 N–H and O–H groups in total. The number of nitrogens with zero attached hydrogens (tertiary/aromatic N) is 2. The normalized spacial score (nSPS) is 17.0. The molecule has 1 atom stereocenters. The van der Waals surface area contributed by atoms with Crippen molar-refractivity contribution in [3.8, 4) is 11.5 Å². The molecule has 1 aliphatic rings. The zero-order chi connectivity index (χ0) is 17.1. The van der Waals surface area contributed by atoms with Gasteiger partial charge in [-0.1, -0.05) is 5.16 Å². The Labute approximate surface area is 140 Å². The van der Waals surface area contributed by atoms with Crippen molar-refractivity contribution in [1.29, 1.82) is 0 Å². The van der Waals surface area contributed by atoms with Gasteiger partial charge in [0.1, 0.15) is 11.5 Å². The lowest BCUT2D eigenvalue weighted by atomic mass is 10.1. The van der Waals surface area contributed by atoms with Crippen LogP contribution in [-0.4, -0.2) is 36.9 Å². The second-order valence-corrected chi connectivity index (χ2v) is 5.72. The number of hydrogen-bond donors (Lipinski definition) is 1. The highest BCUT2D eigenvalue weighted by Gasteiger charge is 2.33. The molecule has 3 rings (SSSR count). The van der Waals surface area contributed by atoms with E-state index in [-0.39, 0.29) is 12.1 Å². The van der Waals surface area contributed by atoms with Crippen molar-refractivity contribution in [1.82, 2.24) is 10.1 Å². The van der Waals surface area contributed by atoms with Gasteiger partial charge in [-0.15, -0.1) is 0 Å². The number of likely N-dealkylation sites (tertiary alicyclic amines) is 1. The van der Waals surface area contributed by atoms with Crippen molar-refractivity contribution in [2.24, 2.45) is 0 Å². The third kappa shape index (κ3) is 3.15. The first kappa shape index (κ1) is 16.2. The van der Waals surface area contributed by atoms with E-state index in [0.29, 0.717) is 23.7 Å². The summed E-state index contributed by atoms with van der Waals surface area (Å²) >= 11 is 0. The number of carbonyl (C=O) groups is 1. The number of ether oxygens (including phenoxy) is 2. The van der Waals surface area contributed by atoms with Crippen LogP contribution in [0.5, 0.6) is 11.5 Å². The number of rotatable bonds is 4. The molecule has 128 valence electrons. The summed E-state index contributed by atoms with van der Waals surface area (Å²) in [7, 11) is 3.14. The Balaban J connectivity index is 1.79. The number of amides is 2. The number of urea groups is 1. The number of aryl methyl sites for hydroxylation is 1. The third-order valence-corrected chi connectivity index (χ3v) is 4.14. The van der Waals surface area contributed by atoms with Crippen molar-refractivity contribution in [3.05, 3.63) is 35.7 Å². The molecular weight excluding hydrogens is 310 g/mol. The lowest BCUT2D eigenvalue weighted by Gasteiger charge is -2.23. The van der Waals surface area contributed by atoms with E-state index in [1.54, 1.807) is 37.3 Å². The van der Waals surface area contributed by atoms with Crippen molar-refractivity contribution < 1.29 is 18.8 Å². The van der Waals surface area contributed by atoms with Crippen molar-refractivity contribution >= 4 is 11.7 Å². The van der Waals surface area contributed by atoms with Gasteiger partial charge >= 0.3 is 6.03 Å². The molecule has 7 nitrogen and oxygen atoms in total. The average molecular weight is 331 g/mol. The first-order valence-electron chi connectivity index (χ1n) is 7.85. The van der Waals surface area contributed by atoms with E-state index in [1.165, 1.54) is 0 Å². The predicted octanol–water partition coefficient (Wildman–Crippen LogP) is 3.37. The minimum atomic E-state index is -0.196. The van der Waals surface area contributed by atoms with Crippen molar-refractivity contribution in [2.45, 2.75) is 25.8 Å². The van der Waals surface area contributed by atoms with Gasteiger partial charge in [0, 0.05) is 18.7 Å². The molecule has 0 saturated carbocycles. The monoisotopic (exact) mass is 331 g/mol. The standard InChI is InChI=1S/C17H21N3O4/c1-11-9-16(24-19-11)14-5-4-8-20(14)17(21)18-13-10-12(22-2)6-7-15(13)23-3/h6-7,9-10,14H,4-5,8H2,1-3H3,(H,18,21)/t14-/m0/s1. The first-order chi connectivity index (χ1) is 11.6. The first-order valence-corrected chi connectivity index (χ1v) is 7.85. The quantitative estimate of drug-likeness (QED) is 0.929. The molecule has 24 heavy (non-hydrogen) atoms. The van der Waals surface area contributed by atoms with Crippen LogP contribution in [0.1, 0.15) is 30.3 Å². The lowest BCUT2D eigenvalue weighted by molar-refractivity contribution is 0.195. The van der Waals surface area contributed by atoms with Gasteiger partial charge in [-0.25, -0.2) is 4.79 Å². The summed E-state index contributed by atoms with van der Waals surface area (Å²) in [5, 5.41) is 6.82. The predicted molar refractivity (Wildman–Crippen MR) is 88.5 cm³/mol. The Bertz CT molecular complexity index is 728. The SMILES string of the molecule is COc1ccc(OC)c(NC(=O)N2CCC[C@H]2c2cc(C)no2)c1. The summed E-state index contributed by atoms with van der Waals surface area (Å²) in [5.74, 6) is 1.95. The fraction of sp³-hybridized carbons (Fsp3) is 0.412. The fourth-order valence-electron chi connectivity index (χ4n) is 2.94. The molecule has 0 radical (unpaired) electrons. The number of nitrogens with one attached hydrogen (secondary N) is 1. The Kier molecular flexibility index (Phi) is 4.59. The molecular formula is C17H21N3O4. The van der Waals surface area contributed by atoms with E-state index in [0.717, 1.165) is 24.3 Å². The smallest absolute Gasteiger partial charge is 0.322 e. The number of carbonyl (C=O) groups excluding carboxylic acids is 1. The third-order valence-electron chi connectivity index (χ3n) is 4.14. The second kappa shape index (κ2) is 6.82. The number of aromatic nitrogens is 1.